The molecule has 0 unspecified atom stereocenters. The second-order valence-corrected chi connectivity index (χ2v) is 7.87. The van der Waals surface area contributed by atoms with Crippen molar-refractivity contribution in [3.63, 3.8) is 0 Å². The van der Waals surface area contributed by atoms with Crippen molar-refractivity contribution in [1.29, 1.82) is 0 Å². The van der Waals surface area contributed by atoms with E-state index in [2.05, 4.69) is 14.9 Å². The number of benzene rings is 1. The number of rotatable bonds is 5. The average Bonchev–Trinajstić information content (AvgIpc) is 3.20. The predicted molar refractivity (Wildman–Crippen MR) is 113 cm³/mol. The molecule has 3 heterocycles. The number of aryl methyl sites for hydroxylation is 2. The molecule has 0 atom stereocenters. The normalized spacial score (nSPS) is 15.0. The summed E-state index contributed by atoms with van der Waals surface area (Å²) in [5.74, 6) is 0.286. The zero-order valence-electron chi connectivity index (χ0n) is 17.6. The van der Waals surface area contributed by atoms with Gasteiger partial charge in [0.25, 0.3) is 5.56 Å². The summed E-state index contributed by atoms with van der Waals surface area (Å²) in [6.45, 7) is 3.34. The zero-order chi connectivity index (χ0) is 22.1. The van der Waals surface area contributed by atoms with E-state index in [-0.39, 0.29) is 23.7 Å². The van der Waals surface area contributed by atoms with E-state index in [1.54, 1.807) is 13.1 Å². The summed E-state index contributed by atoms with van der Waals surface area (Å²) in [6, 6.07) is 6.57. The molecule has 0 aliphatic carbocycles. The van der Waals surface area contributed by atoms with E-state index in [1.165, 1.54) is 23.7 Å². The minimum absolute atomic E-state index is 0.0210. The van der Waals surface area contributed by atoms with Crippen LogP contribution in [-0.2, 0) is 31.9 Å². The van der Waals surface area contributed by atoms with Gasteiger partial charge in [0.05, 0.1) is 0 Å². The quantitative estimate of drug-likeness (QED) is 0.634. The number of aromatic nitrogens is 4. The molecule has 1 aliphatic rings. The average molecular weight is 428 g/mol. The molecule has 164 valence electrons. The van der Waals surface area contributed by atoms with Crippen molar-refractivity contribution in [2.75, 3.05) is 26.2 Å². The van der Waals surface area contributed by atoms with Gasteiger partial charge in [-0.3, -0.25) is 23.6 Å². The second kappa shape index (κ2) is 8.46. The molecule has 9 nitrogen and oxygen atoms in total. The monoisotopic (exact) mass is 428 g/mol. The molecule has 1 aromatic carbocycles. The van der Waals surface area contributed by atoms with Gasteiger partial charge in [0.15, 0.2) is 5.65 Å². The van der Waals surface area contributed by atoms with E-state index in [1.807, 2.05) is 11.0 Å². The summed E-state index contributed by atoms with van der Waals surface area (Å²) < 4.78 is 15.7. The largest absolute Gasteiger partial charge is 0.340 e. The van der Waals surface area contributed by atoms with Gasteiger partial charge in [0.1, 0.15) is 17.2 Å². The van der Waals surface area contributed by atoms with Crippen molar-refractivity contribution in [1.82, 2.24) is 28.9 Å². The first kappa shape index (κ1) is 21.0. The van der Waals surface area contributed by atoms with Crippen LogP contribution in [0.15, 0.2) is 33.9 Å². The molecule has 10 heteroatoms. The number of nitrogens with zero attached hydrogens (tertiary/aromatic N) is 5. The molecule has 4 rings (SSSR count). The van der Waals surface area contributed by atoms with Crippen LogP contribution in [0.1, 0.15) is 17.8 Å². The first-order chi connectivity index (χ1) is 14.8. The maximum absolute atomic E-state index is 13.4. The Morgan fingerprint density at radius 3 is 2.58 bits per heavy atom. The highest BCUT2D eigenvalue weighted by Crippen LogP contribution is 2.12. The number of H-pyrrole nitrogens is 1. The molecule has 0 radical (unpaired) electrons. The molecule has 2 aromatic heterocycles. The van der Waals surface area contributed by atoms with Crippen molar-refractivity contribution < 1.29 is 9.18 Å². The number of aromatic amines is 1. The van der Waals surface area contributed by atoms with Crippen LogP contribution in [-0.4, -0.2) is 61.0 Å². The Balaban J connectivity index is 1.34. The molecular formula is C21H25FN6O3. The molecular weight excluding hydrogens is 403 g/mol. The number of piperazine rings is 1. The van der Waals surface area contributed by atoms with Crippen molar-refractivity contribution in [2.45, 2.75) is 19.4 Å². The number of hydrogen-bond donors (Lipinski definition) is 1. The molecule has 3 aromatic rings. The van der Waals surface area contributed by atoms with Crippen LogP contribution >= 0.6 is 0 Å². The van der Waals surface area contributed by atoms with E-state index in [0.29, 0.717) is 37.5 Å². The highest BCUT2D eigenvalue weighted by molar-refractivity contribution is 5.76. The van der Waals surface area contributed by atoms with Crippen molar-refractivity contribution >= 4 is 17.1 Å². The Hall–Kier alpha value is -3.27. The lowest BCUT2D eigenvalue weighted by molar-refractivity contribution is -0.133. The molecule has 1 N–H and O–H groups in total. The van der Waals surface area contributed by atoms with Crippen LogP contribution < -0.4 is 11.2 Å². The van der Waals surface area contributed by atoms with Gasteiger partial charge >= 0.3 is 5.69 Å². The summed E-state index contributed by atoms with van der Waals surface area (Å²) in [6.07, 6.45) is 0.617. The zero-order valence-corrected chi connectivity index (χ0v) is 17.6. The maximum Gasteiger partial charge on any atom is 0.332 e. The van der Waals surface area contributed by atoms with Crippen LogP contribution in [0.2, 0.25) is 0 Å². The highest BCUT2D eigenvalue weighted by Gasteiger charge is 2.22. The Kier molecular flexibility index (Phi) is 5.73. The Morgan fingerprint density at radius 2 is 1.87 bits per heavy atom. The summed E-state index contributed by atoms with van der Waals surface area (Å²) in [5, 5.41) is 0. The number of hydrogen-bond acceptors (Lipinski definition) is 5. The van der Waals surface area contributed by atoms with Gasteiger partial charge in [0.2, 0.25) is 5.91 Å². The third-order valence-corrected chi connectivity index (χ3v) is 5.74. The van der Waals surface area contributed by atoms with Gasteiger partial charge in [-0.15, -0.1) is 0 Å². The fourth-order valence-electron chi connectivity index (χ4n) is 3.92. The van der Waals surface area contributed by atoms with Gasteiger partial charge in [-0.05, 0) is 17.7 Å². The molecule has 1 aliphatic heterocycles. The third-order valence-electron chi connectivity index (χ3n) is 5.74. The van der Waals surface area contributed by atoms with E-state index < -0.39 is 11.2 Å². The van der Waals surface area contributed by atoms with Crippen LogP contribution in [0.25, 0.3) is 11.2 Å². The summed E-state index contributed by atoms with van der Waals surface area (Å²) in [5.41, 5.74) is 0.602. The summed E-state index contributed by atoms with van der Waals surface area (Å²) in [7, 11) is 2.98. The lowest BCUT2D eigenvalue weighted by Gasteiger charge is -2.34. The Labute approximate surface area is 177 Å². The van der Waals surface area contributed by atoms with Gasteiger partial charge in [0, 0.05) is 59.7 Å². The third kappa shape index (κ3) is 4.29. The van der Waals surface area contributed by atoms with Crippen molar-refractivity contribution in [3.8, 4) is 0 Å². The molecule has 1 saturated heterocycles. The number of nitrogens with one attached hydrogen (secondary N) is 1. The molecule has 0 spiro atoms. The van der Waals surface area contributed by atoms with Crippen molar-refractivity contribution in [2.24, 2.45) is 14.1 Å². The smallest absolute Gasteiger partial charge is 0.332 e. The molecule has 0 bridgehead atoms. The van der Waals surface area contributed by atoms with Crippen LogP contribution in [0.4, 0.5) is 4.39 Å². The van der Waals surface area contributed by atoms with E-state index in [9.17, 15) is 18.8 Å². The van der Waals surface area contributed by atoms with E-state index in [4.69, 9.17) is 0 Å². The first-order valence-electron chi connectivity index (χ1n) is 10.2. The lowest BCUT2D eigenvalue weighted by atomic mass is 10.2. The van der Waals surface area contributed by atoms with Gasteiger partial charge in [-0.1, -0.05) is 12.1 Å². The molecule has 1 amide bonds. The van der Waals surface area contributed by atoms with Crippen molar-refractivity contribution in [3.05, 3.63) is 62.3 Å². The maximum atomic E-state index is 13.4. The number of halogens is 1. The number of fused-ring (bicyclic) bond motifs is 1. The lowest BCUT2D eigenvalue weighted by Crippen LogP contribution is -2.48. The standard InChI is InChI=1S/C21H25FN6O3/c1-25-19-18(20(30)26(2)21(25)31)23-16(24-19)6-7-17(29)28-10-8-27(9-11-28)13-14-4-3-5-15(22)12-14/h3-5,12H,6-11,13H2,1-2H3,(H,23,24). The number of carbonyl (C=O) groups is 1. The SMILES string of the molecule is Cn1c(=O)c2[nH]c(CCC(=O)N3CCN(Cc4cccc(F)c4)CC3)nc2n(C)c1=O. The van der Waals surface area contributed by atoms with Crippen LogP contribution in [0.5, 0.6) is 0 Å². The summed E-state index contributed by atoms with van der Waals surface area (Å²) in [4.78, 5) is 48.2. The minimum atomic E-state index is -0.442. The second-order valence-electron chi connectivity index (χ2n) is 7.87. The Bertz CT molecular complexity index is 1240. The fourth-order valence-corrected chi connectivity index (χ4v) is 3.92. The Morgan fingerprint density at radius 1 is 1.13 bits per heavy atom. The predicted octanol–water partition coefficient (Wildman–Crippen LogP) is 0.376. The van der Waals surface area contributed by atoms with Crippen LogP contribution in [0, 0.1) is 5.82 Å². The number of amides is 1. The molecule has 1 fully saturated rings. The molecule has 0 saturated carbocycles. The number of carbonyl (C=O) groups excluding carboxylic acids is 1. The van der Waals surface area contributed by atoms with Gasteiger partial charge < -0.3 is 9.88 Å². The summed E-state index contributed by atoms with van der Waals surface area (Å²) >= 11 is 0. The number of imidazole rings is 1. The van der Waals surface area contributed by atoms with Gasteiger partial charge in [-0.25, -0.2) is 14.2 Å². The van der Waals surface area contributed by atoms with E-state index >= 15 is 0 Å². The minimum Gasteiger partial charge on any atom is -0.340 e. The fraction of sp³-hybridized carbons (Fsp3) is 0.429. The molecule has 31 heavy (non-hydrogen) atoms. The topological polar surface area (TPSA) is 96.2 Å². The van der Waals surface area contributed by atoms with Crippen LogP contribution in [0.3, 0.4) is 0 Å². The first-order valence-corrected chi connectivity index (χ1v) is 10.2. The highest BCUT2D eigenvalue weighted by atomic mass is 19.1. The van der Waals surface area contributed by atoms with E-state index in [0.717, 1.165) is 23.2 Å². The van der Waals surface area contributed by atoms with Gasteiger partial charge in [-0.2, -0.15) is 0 Å².